The van der Waals surface area contributed by atoms with E-state index in [-0.39, 0.29) is 11.9 Å². The molecule has 4 nitrogen and oxygen atoms in total. The first kappa shape index (κ1) is 14.3. The van der Waals surface area contributed by atoms with E-state index >= 15 is 0 Å². The average molecular weight is 279 g/mol. The summed E-state index contributed by atoms with van der Waals surface area (Å²) in [4.78, 5) is 18.3. The standard InChI is InChI=1S/C14H21N3OS/c1-19-11-14(18)16-13-6-4-8-17(10-13)9-12-5-2-3-7-15-12/h2-3,5,7,13H,4,6,8-11H2,1H3,(H,16,18). The van der Waals surface area contributed by atoms with Gasteiger partial charge in [0.05, 0.1) is 11.4 Å². The minimum atomic E-state index is 0.150. The van der Waals surface area contributed by atoms with E-state index in [4.69, 9.17) is 0 Å². The fourth-order valence-corrected chi connectivity index (χ4v) is 2.78. The highest BCUT2D eigenvalue weighted by atomic mass is 32.2. The quantitative estimate of drug-likeness (QED) is 0.888. The van der Waals surface area contributed by atoms with E-state index in [1.807, 2.05) is 24.6 Å². The highest BCUT2D eigenvalue weighted by Crippen LogP contribution is 2.13. The second-order valence-electron chi connectivity index (χ2n) is 4.90. The lowest BCUT2D eigenvalue weighted by molar-refractivity contribution is -0.119. The number of pyridine rings is 1. The van der Waals surface area contributed by atoms with E-state index in [9.17, 15) is 4.79 Å². The van der Waals surface area contributed by atoms with Crippen LogP contribution in [0.25, 0.3) is 0 Å². The minimum Gasteiger partial charge on any atom is -0.351 e. The van der Waals surface area contributed by atoms with Crippen LogP contribution in [-0.2, 0) is 11.3 Å². The molecule has 1 atom stereocenters. The number of carbonyl (C=O) groups is 1. The summed E-state index contributed by atoms with van der Waals surface area (Å²) in [6, 6.07) is 6.29. The Balaban J connectivity index is 1.82. The lowest BCUT2D eigenvalue weighted by atomic mass is 10.1. The van der Waals surface area contributed by atoms with Crippen LogP contribution in [0.3, 0.4) is 0 Å². The van der Waals surface area contributed by atoms with E-state index < -0.39 is 0 Å². The van der Waals surface area contributed by atoms with Crippen molar-refractivity contribution in [1.29, 1.82) is 0 Å². The monoisotopic (exact) mass is 279 g/mol. The first-order valence-electron chi connectivity index (χ1n) is 6.68. The second-order valence-corrected chi connectivity index (χ2v) is 5.76. The Hall–Kier alpha value is -1.07. The van der Waals surface area contributed by atoms with Crippen LogP contribution in [0.1, 0.15) is 18.5 Å². The molecule has 1 unspecified atom stereocenters. The molecule has 1 N–H and O–H groups in total. The van der Waals surface area contributed by atoms with Gasteiger partial charge in [-0.3, -0.25) is 14.7 Å². The number of hydrogen-bond acceptors (Lipinski definition) is 4. The highest BCUT2D eigenvalue weighted by Gasteiger charge is 2.21. The average Bonchev–Trinajstić information content (AvgIpc) is 2.40. The van der Waals surface area contributed by atoms with E-state index in [1.54, 1.807) is 11.8 Å². The molecule has 5 heteroatoms. The maximum absolute atomic E-state index is 11.6. The summed E-state index contributed by atoms with van der Waals surface area (Å²) in [5.74, 6) is 0.702. The highest BCUT2D eigenvalue weighted by molar-refractivity contribution is 7.99. The molecule has 2 rings (SSSR count). The molecule has 0 radical (unpaired) electrons. The number of amides is 1. The van der Waals surface area contributed by atoms with Gasteiger partial charge in [-0.25, -0.2) is 0 Å². The summed E-state index contributed by atoms with van der Waals surface area (Å²) in [6.45, 7) is 2.89. The smallest absolute Gasteiger partial charge is 0.230 e. The molecule has 0 saturated carbocycles. The van der Waals surface area contributed by atoms with Crippen molar-refractivity contribution >= 4 is 17.7 Å². The Morgan fingerprint density at radius 1 is 1.58 bits per heavy atom. The topological polar surface area (TPSA) is 45.2 Å². The molecule has 0 aliphatic carbocycles. The molecule has 1 aromatic rings. The second kappa shape index (κ2) is 7.50. The lowest BCUT2D eigenvalue weighted by Crippen LogP contribution is -2.47. The Morgan fingerprint density at radius 3 is 3.21 bits per heavy atom. The van der Waals surface area contributed by atoms with Gasteiger partial charge in [0.1, 0.15) is 0 Å². The minimum absolute atomic E-state index is 0.150. The number of nitrogens with one attached hydrogen (secondary N) is 1. The molecule has 1 aliphatic rings. The largest absolute Gasteiger partial charge is 0.351 e. The number of aromatic nitrogens is 1. The van der Waals surface area contributed by atoms with Gasteiger partial charge in [-0.05, 0) is 37.8 Å². The fraction of sp³-hybridized carbons (Fsp3) is 0.571. The number of rotatable bonds is 5. The molecular weight excluding hydrogens is 258 g/mol. The van der Waals surface area contributed by atoms with Gasteiger partial charge in [0.2, 0.25) is 5.91 Å². The van der Waals surface area contributed by atoms with Gasteiger partial charge in [-0.2, -0.15) is 11.8 Å². The zero-order chi connectivity index (χ0) is 13.5. The summed E-state index contributed by atoms with van der Waals surface area (Å²) in [5.41, 5.74) is 1.10. The maximum Gasteiger partial charge on any atom is 0.230 e. The number of nitrogens with zero attached hydrogens (tertiary/aromatic N) is 2. The van der Waals surface area contributed by atoms with E-state index in [0.29, 0.717) is 5.75 Å². The molecule has 1 aromatic heterocycles. The van der Waals surface area contributed by atoms with Gasteiger partial charge >= 0.3 is 0 Å². The Kier molecular flexibility index (Phi) is 5.66. The molecular formula is C14H21N3OS. The van der Waals surface area contributed by atoms with Crippen LogP contribution in [0, 0.1) is 0 Å². The molecule has 19 heavy (non-hydrogen) atoms. The van der Waals surface area contributed by atoms with Crippen LogP contribution in [0.15, 0.2) is 24.4 Å². The normalized spacial score (nSPS) is 20.2. The Morgan fingerprint density at radius 2 is 2.47 bits per heavy atom. The molecule has 1 saturated heterocycles. The van der Waals surface area contributed by atoms with Gasteiger partial charge in [0.25, 0.3) is 0 Å². The van der Waals surface area contributed by atoms with Gasteiger partial charge < -0.3 is 5.32 Å². The van der Waals surface area contributed by atoms with Crippen molar-refractivity contribution in [3.63, 3.8) is 0 Å². The van der Waals surface area contributed by atoms with Crippen LogP contribution in [0.5, 0.6) is 0 Å². The van der Waals surface area contributed by atoms with Crippen LogP contribution in [0.2, 0.25) is 0 Å². The zero-order valence-corrected chi connectivity index (χ0v) is 12.2. The number of likely N-dealkylation sites (tertiary alicyclic amines) is 1. The number of thioether (sulfide) groups is 1. The van der Waals surface area contributed by atoms with Gasteiger partial charge in [-0.15, -0.1) is 0 Å². The van der Waals surface area contributed by atoms with Crippen molar-refractivity contribution < 1.29 is 4.79 Å². The third-order valence-electron chi connectivity index (χ3n) is 3.26. The summed E-state index contributed by atoms with van der Waals surface area (Å²) in [7, 11) is 0. The van der Waals surface area contributed by atoms with Crippen LogP contribution in [-0.4, -0.2) is 46.9 Å². The Bertz CT molecular complexity index is 399. The van der Waals surface area contributed by atoms with Crippen LogP contribution < -0.4 is 5.32 Å². The predicted molar refractivity (Wildman–Crippen MR) is 79.1 cm³/mol. The van der Waals surface area contributed by atoms with E-state index in [1.165, 1.54) is 0 Å². The first-order chi connectivity index (χ1) is 9.28. The summed E-state index contributed by atoms with van der Waals surface area (Å²) in [5, 5.41) is 3.11. The first-order valence-corrected chi connectivity index (χ1v) is 8.08. The fourth-order valence-electron chi connectivity index (χ4n) is 2.44. The van der Waals surface area contributed by atoms with Gasteiger partial charge in [-0.1, -0.05) is 6.07 Å². The zero-order valence-electron chi connectivity index (χ0n) is 11.3. The van der Waals surface area contributed by atoms with Gasteiger partial charge in [0.15, 0.2) is 0 Å². The summed E-state index contributed by atoms with van der Waals surface area (Å²) >= 11 is 1.57. The molecule has 1 aliphatic heterocycles. The van der Waals surface area contributed by atoms with Crippen molar-refractivity contribution in [1.82, 2.24) is 15.2 Å². The van der Waals surface area contributed by atoms with Crippen molar-refractivity contribution in [2.75, 3.05) is 25.1 Å². The molecule has 2 heterocycles. The van der Waals surface area contributed by atoms with Crippen molar-refractivity contribution in [2.24, 2.45) is 0 Å². The Labute approximate surface area is 119 Å². The third kappa shape index (κ3) is 4.84. The molecule has 0 spiro atoms. The lowest BCUT2D eigenvalue weighted by Gasteiger charge is -2.32. The summed E-state index contributed by atoms with van der Waals surface area (Å²) in [6.07, 6.45) is 6.00. The third-order valence-corrected chi connectivity index (χ3v) is 3.81. The van der Waals surface area contributed by atoms with E-state index in [0.717, 1.165) is 38.2 Å². The van der Waals surface area contributed by atoms with Crippen LogP contribution in [0.4, 0.5) is 0 Å². The molecule has 0 aromatic carbocycles. The molecule has 1 fully saturated rings. The van der Waals surface area contributed by atoms with Gasteiger partial charge in [0, 0.05) is 25.3 Å². The molecule has 1 amide bonds. The van der Waals surface area contributed by atoms with Crippen molar-refractivity contribution in [3.05, 3.63) is 30.1 Å². The molecule has 0 bridgehead atoms. The van der Waals surface area contributed by atoms with Crippen molar-refractivity contribution in [3.8, 4) is 0 Å². The summed E-state index contributed by atoms with van der Waals surface area (Å²) < 4.78 is 0. The number of carbonyl (C=O) groups excluding carboxylic acids is 1. The van der Waals surface area contributed by atoms with Crippen LogP contribution >= 0.6 is 11.8 Å². The number of piperidine rings is 1. The molecule has 104 valence electrons. The predicted octanol–water partition coefficient (Wildman–Crippen LogP) is 1.53. The van der Waals surface area contributed by atoms with Crippen molar-refractivity contribution in [2.45, 2.75) is 25.4 Å². The SMILES string of the molecule is CSCC(=O)NC1CCCN(Cc2ccccn2)C1. The maximum atomic E-state index is 11.6. The van der Waals surface area contributed by atoms with E-state index in [2.05, 4.69) is 21.3 Å². The number of hydrogen-bond donors (Lipinski definition) is 1.